The minimum atomic E-state index is 0.742. The molecule has 20 heavy (non-hydrogen) atoms. The first kappa shape index (κ1) is 12.9. The predicted molar refractivity (Wildman–Crippen MR) is 80.8 cm³/mol. The third-order valence-corrected chi connectivity index (χ3v) is 4.40. The van der Waals surface area contributed by atoms with Crippen LogP contribution in [0, 0.1) is 13.8 Å². The van der Waals surface area contributed by atoms with E-state index in [1.54, 1.807) is 11.8 Å². The van der Waals surface area contributed by atoms with Crippen LogP contribution in [0.3, 0.4) is 0 Å². The maximum atomic E-state index is 6.02. The van der Waals surface area contributed by atoms with Gasteiger partial charge in [-0.3, -0.25) is 4.98 Å². The van der Waals surface area contributed by atoms with Crippen molar-refractivity contribution in [1.29, 1.82) is 0 Å². The topological polar surface area (TPSA) is 69.6 Å². The van der Waals surface area contributed by atoms with Crippen molar-refractivity contribution in [2.45, 2.75) is 23.9 Å². The highest BCUT2D eigenvalue weighted by atomic mass is 32.2. The summed E-state index contributed by atoms with van der Waals surface area (Å²) in [4.78, 5) is 5.42. The van der Waals surface area contributed by atoms with E-state index < -0.39 is 0 Å². The fraction of sp³-hybridized carbons (Fsp3) is 0.214. The van der Waals surface area contributed by atoms with E-state index in [2.05, 4.69) is 21.2 Å². The van der Waals surface area contributed by atoms with Gasteiger partial charge in [-0.1, -0.05) is 0 Å². The van der Waals surface area contributed by atoms with Crippen molar-refractivity contribution in [1.82, 2.24) is 19.7 Å². The lowest BCUT2D eigenvalue weighted by Gasteiger charge is -2.08. The summed E-state index contributed by atoms with van der Waals surface area (Å²) in [5, 5.41) is 11.2. The number of nitrogens with zero attached hydrogens (tertiary/aromatic N) is 4. The lowest BCUT2D eigenvalue weighted by atomic mass is 10.1. The van der Waals surface area contributed by atoms with Gasteiger partial charge in [0.15, 0.2) is 5.16 Å². The van der Waals surface area contributed by atoms with Crippen molar-refractivity contribution in [2.75, 3.05) is 5.73 Å². The first-order valence-corrected chi connectivity index (χ1v) is 7.06. The van der Waals surface area contributed by atoms with Crippen LogP contribution in [-0.2, 0) is 7.05 Å². The fourth-order valence-electron chi connectivity index (χ4n) is 2.00. The number of pyridine rings is 1. The molecule has 0 radical (unpaired) electrons. The Morgan fingerprint density at radius 3 is 2.65 bits per heavy atom. The maximum Gasteiger partial charge on any atom is 0.195 e. The van der Waals surface area contributed by atoms with E-state index in [1.807, 2.05) is 43.8 Å². The van der Waals surface area contributed by atoms with Gasteiger partial charge in [-0.2, -0.15) is 0 Å². The molecular weight excluding hydrogens is 270 g/mol. The second kappa shape index (κ2) is 4.79. The molecule has 102 valence electrons. The minimum Gasteiger partial charge on any atom is -0.398 e. The van der Waals surface area contributed by atoms with Gasteiger partial charge in [0.1, 0.15) is 5.82 Å². The molecule has 6 heteroatoms. The van der Waals surface area contributed by atoms with Crippen LogP contribution in [0.4, 0.5) is 5.69 Å². The highest BCUT2D eigenvalue weighted by Gasteiger charge is 2.11. The van der Waals surface area contributed by atoms with Crippen molar-refractivity contribution >= 4 is 28.2 Å². The summed E-state index contributed by atoms with van der Waals surface area (Å²) >= 11 is 1.59. The summed E-state index contributed by atoms with van der Waals surface area (Å²) in [6, 6.07) is 5.98. The lowest BCUT2D eigenvalue weighted by Crippen LogP contribution is -1.94. The quantitative estimate of drug-likeness (QED) is 0.733. The number of aryl methyl sites for hydroxylation is 2. The molecule has 0 saturated heterocycles. The smallest absolute Gasteiger partial charge is 0.195 e. The van der Waals surface area contributed by atoms with Gasteiger partial charge in [-0.15, -0.1) is 10.2 Å². The number of hydrogen-bond donors (Lipinski definition) is 1. The molecule has 2 N–H and O–H groups in total. The maximum absolute atomic E-state index is 6.02. The van der Waals surface area contributed by atoms with E-state index >= 15 is 0 Å². The number of nitrogen functional groups attached to an aromatic ring is 1. The van der Waals surface area contributed by atoms with Gasteiger partial charge in [0.25, 0.3) is 0 Å². The van der Waals surface area contributed by atoms with E-state index in [1.165, 1.54) is 0 Å². The molecule has 3 rings (SSSR count). The second-order valence-corrected chi connectivity index (χ2v) is 5.72. The monoisotopic (exact) mass is 285 g/mol. The zero-order valence-electron chi connectivity index (χ0n) is 11.6. The van der Waals surface area contributed by atoms with Crippen molar-refractivity contribution in [3.63, 3.8) is 0 Å². The summed E-state index contributed by atoms with van der Waals surface area (Å²) in [6.07, 6.45) is 1.83. The van der Waals surface area contributed by atoms with Crippen molar-refractivity contribution < 1.29 is 0 Å². The second-order valence-electron chi connectivity index (χ2n) is 4.72. The van der Waals surface area contributed by atoms with Gasteiger partial charge in [-0.05, 0) is 43.8 Å². The molecule has 0 bridgehead atoms. The zero-order chi connectivity index (χ0) is 14.3. The van der Waals surface area contributed by atoms with E-state index in [0.29, 0.717) is 0 Å². The van der Waals surface area contributed by atoms with E-state index in [0.717, 1.165) is 38.0 Å². The molecule has 3 aromatic rings. The predicted octanol–water partition coefficient (Wildman–Crippen LogP) is 2.71. The third-order valence-electron chi connectivity index (χ3n) is 3.29. The Labute approximate surface area is 121 Å². The Balaban J connectivity index is 2.14. The molecule has 0 fully saturated rings. The Kier molecular flexibility index (Phi) is 3.10. The molecular formula is C14H15N5S. The van der Waals surface area contributed by atoms with E-state index in [4.69, 9.17) is 5.73 Å². The first-order valence-electron chi connectivity index (χ1n) is 6.25. The zero-order valence-corrected chi connectivity index (χ0v) is 12.4. The number of rotatable bonds is 2. The van der Waals surface area contributed by atoms with Crippen molar-refractivity contribution in [2.24, 2.45) is 7.05 Å². The van der Waals surface area contributed by atoms with E-state index in [-0.39, 0.29) is 0 Å². The normalized spacial score (nSPS) is 11.2. The number of aromatic nitrogens is 4. The average molecular weight is 285 g/mol. The van der Waals surface area contributed by atoms with Crippen molar-refractivity contribution in [3.05, 3.63) is 35.9 Å². The minimum absolute atomic E-state index is 0.742. The molecule has 0 saturated carbocycles. The average Bonchev–Trinajstić information content (AvgIpc) is 2.74. The molecule has 0 aliphatic heterocycles. The Morgan fingerprint density at radius 1 is 1.15 bits per heavy atom. The number of nitrogens with two attached hydrogens (primary N) is 1. The van der Waals surface area contributed by atoms with Gasteiger partial charge in [0.05, 0.1) is 0 Å². The van der Waals surface area contributed by atoms with Crippen LogP contribution >= 0.6 is 11.8 Å². The summed E-state index contributed by atoms with van der Waals surface area (Å²) < 4.78 is 1.97. The third kappa shape index (κ3) is 2.12. The number of hydrogen-bond acceptors (Lipinski definition) is 5. The summed E-state index contributed by atoms with van der Waals surface area (Å²) in [5.41, 5.74) is 7.73. The van der Waals surface area contributed by atoms with Crippen LogP contribution in [0.5, 0.6) is 0 Å². The number of benzene rings is 1. The van der Waals surface area contributed by atoms with Gasteiger partial charge in [-0.25, -0.2) is 0 Å². The first-order chi connectivity index (χ1) is 9.56. The van der Waals surface area contributed by atoms with Crippen molar-refractivity contribution in [3.8, 4) is 0 Å². The SMILES string of the molecule is Cc1cc2c(Sc3nnc(C)n3C)ccc(N)c2cn1. The summed E-state index contributed by atoms with van der Waals surface area (Å²) in [5.74, 6) is 0.894. The standard InChI is InChI=1S/C14H15N5S/c1-8-6-10-11(7-16-8)12(15)4-5-13(10)20-14-18-17-9(2)19(14)3/h4-7H,15H2,1-3H3. The number of anilines is 1. The van der Waals surface area contributed by atoms with Crippen LogP contribution in [0.2, 0.25) is 0 Å². The Morgan fingerprint density at radius 2 is 1.95 bits per heavy atom. The molecule has 0 spiro atoms. The highest BCUT2D eigenvalue weighted by molar-refractivity contribution is 7.99. The van der Waals surface area contributed by atoms with Gasteiger partial charge in [0, 0.05) is 40.3 Å². The molecule has 0 aliphatic carbocycles. The molecule has 1 aromatic carbocycles. The summed E-state index contributed by atoms with van der Waals surface area (Å²) in [6.45, 7) is 3.91. The molecule has 0 aliphatic rings. The Bertz CT molecular complexity index is 794. The molecule has 2 heterocycles. The van der Waals surface area contributed by atoms with Crippen LogP contribution in [0.15, 0.2) is 34.4 Å². The van der Waals surface area contributed by atoms with Gasteiger partial charge < -0.3 is 10.3 Å². The fourth-order valence-corrected chi connectivity index (χ4v) is 2.96. The lowest BCUT2D eigenvalue weighted by molar-refractivity contribution is 0.766. The van der Waals surface area contributed by atoms with Crippen LogP contribution in [0.25, 0.3) is 10.8 Å². The van der Waals surface area contributed by atoms with Gasteiger partial charge >= 0.3 is 0 Å². The molecule has 0 atom stereocenters. The van der Waals surface area contributed by atoms with Gasteiger partial charge in [0.2, 0.25) is 0 Å². The summed E-state index contributed by atoms with van der Waals surface area (Å²) in [7, 11) is 1.96. The molecule has 5 nitrogen and oxygen atoms in total. The molecule has 2 aromatic heterocycles. The van der Waals surface area contributed by atoms with Crippen LogP contribution < -0.4 is 5.73 Å². The van der Waals surface area contributed by atoms with Crippen LogP contribution in [0.1, 0.15) is 11.5 Å². The van der Waals surface area contributed by atoms with E-state index in [9.17, 15) is 0 Å². The number of fused-ring (bicyclic) bond motifs is 1. The van der Waals surface area contributed by atoms with Crippen LogP contribution in [-0.4, -0.2) is 19.7 Å². The highest BCUT2D eigenvalue weighted by Crippen LogP contribution is 2.34. The Hall–Kier alpha value is -2.08. The molecule has 0 amide bonds. The largest absolute Gasteiger partial charge is 0.398 e. The molecule has 0 unspecified atom stereocenters.